The van der Waals surface area contributed by atoms with E-state index in [4.69, 9.17) is 4.74 Å². The predicted molar refractivity (Wildman–Crippen MR) is 97.4 cm³/mol. The van der Waals surface area contributed by atoms with Crippen LogP contribution in [0.4, 0.5) is 4.39 Å². The maximum atomic E-state index is 13.6. The smallest absolute Gasteiger partial charge is 0.343 e. The monoisotopic (exact) mass is 403 g/mol. The molecular formula is C19H15BrFNO3. The van der Waals surface area contributed by atoms with Crippen LogP contribution in [0, 0.1) is 5.82 Å². The summed E-state index contributed by atoms with van der Waals surface area (Å²) in [5.74, 6) is -1.23. The maximum Gasteiger partial charge on any atom is 0.343 e. The van der Waals surface area contributed by atoms with Crippen molar-refractivity contribution in [3.8, 4) is 0 Å². The highest BCUT2D eigenvalue weighted by atomic mass is 79.9. The molecule has 1 heterocycles. The van der Waals surface area contributed by atoms with Crippen LogP contribution in [0.1, 0.15) is 22.8 Å². The van der Waals surface area contributed by atoms with Gasteiger partial charge in [0.2, 0.25) is 5.43 Å². The molecule has 0 aliphatic heterocycles. The molecule has 3 aromatic rings. The van der Waals surface area contributed by atoms with E-state index in [0.717, 1.165) is 16.1 Å². The normalized spacial score (nSPS) is 10.8. The van der Waals surface area contributed by atoms with Gasteiger partial charge < -0.3 is 9.30 Å². The van der Waals surface area contributed by atoms with Gasteiger partial charge in [0, 0.05) is 22.6 Å². The lowest BCUT2D eigenvalue weighted by atomic mass is 10.1. The van der Waals surface area contributed by atoms with Crippen molar-refractivity contribution in [2.24, 2.45) is 0 Å². The molecule has 0 unspecified atom stereocenters. The zero-order valence-corrected chi connectivity index (χ0v) is 15.0. The molecule has 0 amide bonds. The Morgan fingerprint density at radius 2 is 1.92 bits per heavy atom. The first-order valence-corrected chi connectivity index (χ1v) is 8.53. The van der Waals surface area contributed by atoms with Gasteiger partial charge in [-0.05, 0) is 42.8 Å². The number of hydrogen-bond donors (Lipinski definition) is 0. The minimum Gasteiger partial charge on any atom is -0.462 e. The van der Waals surface area contributed by atoms with Crippen molar-refractivity contribution in [3.05, 3.63) is 80.3 Å². The largest absolute Gasteiger partial charge is 0.462 e. The van der Waals surface area contributed by atoms with E-state index in [1.165, 1.54) is 12.3 Å². The van der Waals surface area contributed by atoms with Crippen LogP contribution in [0.3, 0.4) is 0 Å². The zero-order chi connectivity index (χ0) is 18.0. The number of pyridine rings is 1. The van der Waals surface area contributed by atoms with E-state index in [-0.39, 0.29) is 17.6 Å². The fraction of sp³-hybridized carbons (Fsp3) is 0.158. The molecule has 25 heavy (non-hydrogen) atoms. The number of carbonyl (C=O) groups excluding carboxylic acids is 1. The highest BCUT2D eigenvalue weighted by Crippen LogP contribution is 2.17. The summed E-state index contributed by atoms with van der Waals surface area (Å²) in [7, 11) is 0. The second kappa shape index (κ2) is 7.19. The average Bonchev–Trinajstić information content (AvgIpc) is 2.59. The Kier molecular flexibility index (Phi) is 4.99. The summed E-state index contributed by atoms with van der Waals surface area (Å²) in [4.78, 5) is 24.7. The minimum absolute atomic E-state index is 0.0999. The molecular weight excluding hydrogens is 389 g/mol. The van der Waals surface area contributed by atoms with E-state index in [0.29, 0.717) is 12.1 Å². The molecule has 0 radical (unpaired) electrons. The Labute approximate surface area is 152 Å². The lowest BCUT2D eigenvalue weighted by molar-refractivity contribution is 0.0524. The van der Waals surface area contributed by atoms with Gasteiger partial charge in [0.15, 0.2) is 0 Å². The van der Waals surface area contributed by atoms with Crippen molar-refractivity contribution in [1.29, 1.82) is 0 Å². The number of carbonyl (C=O) groups is 1. The first-order chi connectivity index (χ1) is 12.0. The van der Waals surface area contributed by atoms with Gasteiger partial charge in [-0.3, -0.25) is 4.79 Å². The van der Waals surface area contributed by atoms with Crippen LogP contribution in [0.15, 0.2) is 57.9 Å². The van der Waals surface area contributed by atoms with Crippen LogP contribution in [-0.2, 0) is 11.3 Å². The van der Waals surface area contributed by atoms with Gasteiger partial charge in [-0.15, -0.1) is 0 Å². The van der Waals surface area contributed by atoms with Crippen LogP contribution in [-0.4, -0.2) is 17.1 Å². The number of aromatic nitrogens is 1. The van der Waals surface area contributed by atoms with Gasteiger partial charge in [-0.1, -0.05) is 28.1 Å². The Morgan fingerprint density at radius 3 is 2.60 bits per heavy atom. The topological polar surface area (TPSA) is 48.3 Å². The quantitative estimate of drug-likeness (QED) is 0.615. The van der Waals surface area contributed by atoms with E-state index < -0.39 is 17.2 Å². The summed E-state index contributed by atoms with van der Waals surface area (Å²) < 4.78 is 21.3. The van der Waals surface area contributed by atoms with E-state index in [1.807, 2.05) is 24.3 Å². The van der Waals surface area contributed by atoms with Crippen molar-refractivity contribution in [2.45, 2.75) is 13.5 Å². The minimum atomic E-state index is -0.705. The molecule has 2 aromatic carbocycles. The molecule has 0 saturated carbocycles. The third-order valence-corrected chi connectivity index (χ3v) is 4.33. The molecule has 1 aromatic heterocycles. The van der Waals surface area contributed by atoms with Crippen LogP contribution < -0.4 is 5.43 Å². The number of halogens is 2. The SMILES string of the molecule is CCOC(=O)c1cn(Cc2ccc(Br)cc2)c2ccc(F)cc2c1=O. The molecule has 0 fully saturated rings. The van der Waals surface area contributed by atoms with Gasteiger partial charge in [0.25, 0.3) is 0 Å². The molecule has 128 valence electrons. The molecule has 6 heteroatoms. The number of rotatable bonds is 4. The molecule has 0 saturated heterocycles. The molecule has 3 rings (SSSR count). The predicted octanol–water partition coefficient (Wildman–Crippen LogP) is 4.13. The van der Waals surface area contributed by atoms with Gasteiger partial charge in [0.1, 0.15) is 11.4 Å². The summed E-state index contributed by atoms with van der Waals surface area (Å²) in [6, 6.07) is 11.7. The summed E-state index contributed by atoms with van der Waals surface area (Å²) in [5, 5.41) is 0.155. The third-order valence-electron chi connectivity index (χ3n) is 3.80. The number of fused-ring (bicyclic) bond motifs is 1. The first kappa shape index (κ1) is 17.4. The second-order valence-electron chi connectivity index (χ2n) is 5.51. The van der Waals surface area contributed by atoms with Gasteiger partial charge in [-0.25, -0.2) is 9.18 Å². The van der Waals surface area contributed by atoms with Gasteiger partial charge >= 0.3 is 5.97 Å². The van der Waals surface area contributed by atoms with Crippen LogP contribution in [0.5, 0.6) is 0 Å². The molecule has 0 atom stereocenters. The molecule has 0 bridgehead atoms. The van der Waals surface area contributed by atoms with Crippen molar-refractivity contribution < 1.29 is 13.9 Å². The fourth-order valence-electron chi connectivity index (χ4n) is 2.64. The molecule has 0 aliphatic carbocycles. The maximum absolute atomic E-state index is 13.6. The van der Waals surface area contributed by atoms with E-state index >= 15 is 0 Å². The first-order valence-electron chi connectivity index (χ1n) is 7.74. The number of hydrogen-bond acceptors (Lipinski definition) is 3. The number of nitrogens with zero attached hydrogens (tertiary/aromatic N) is 1. The van der Waals surface area contributed by atoms with Crippen LogP contribution in [0.25, 0.3) is 10.9 Å². The van der Waals surface area contributed by atoms with Crippen LogP contribution in [0.2, 0.25) is 0 Å². The lowest BCUT2D eigenvalue weighted by Gasteiger charge is -2.13. The van der Waals surface area contributed by atoms with Gasteiger partial charge in [-0.2, -0.15) is 0 Å². The molecule has 0 aliphatic rings. The number of esters is 1. The summed E-state index contributed by atoms with van der Waals surface area (Å²) in [6.45, 7) is 2.26. The van der Waals surface area contributed by atoms with E-state index in [2.05, 4.69) is 15.9 Å². The van der Waals surface area contributed by atoms with Crippen LogP contribution >= 0.6 is 15.9 Å². The van der Waals surface area contributed by atoms with Crippen molar-refractivity contribution in [2.75, 3.05) is 6.61 Å². The van der Waals surface area contributed by atoms with E-state index in [1.54, 1.807) is 17.6 Å². The Balaban J connectivity index is 2.18. The highest BCUT2D eigenvalue weighted by Gasteiger charge is 2.17. The van der Waals surface area contributed by atoms with Crippen molar-refractivity contribution in [3.63, 3.8) is 0 Å². The summed E-state index contributed by atoms with van der Waals surface area (Å²) in [5.41, 5.74) is 0.909. The lowest BCUT2D eigenvalue weighted by Crippen LogP contribution is -2.21. The fourth-order valence-corrected chi connectivity index (χ4v) is 2.91. The Bertz CT molecular complexity index is 996. The standard InChI is InChI=1S/C19H15BrFNO3/c1-2-25-19(24)16-11-22(10-12-3-5-13(20)6-4-12)17-8-7-14(21)9-15(17)18(16)23/h3-9,11H,2,10H2,1H3. The number of benzene rings is 2. The number of ether oxygens (including phenoxy) is 1. The molecule has 0 spiro atoms. The van der Waals surface area contributed by atoms with Crippen molar-refractivity contribution >= 4 is 32.8 Å². The van der Waals surface area contributed by atoms with E-state index in [9.17, 15) is 14.0 Å². The Morgan fingerprint density at radius 1 is 1.20 bits per heavy atom. The second-order valence-corrected chi connectivity index (χ2v) is 6.42. The molecule has 4 nitrogen and oxygen atoms in total. The Hall–Kier alpha value is -2.47. The molecule has 0 N–H and O–H groups in total. The zero-order valence-electron chi connectivity index (χ0n) is 13.5. The average molecular weight is 404 g/mol. The van der Waals surface area contributed by atoms with Crippen molar-refractivity contribution in [1.82, 2.24) is 4.57 Å². The van der Waals surface area contributed by atoms with Gasteiger partial charge in [0.05, 0.1) is 12.1 Å². The summed E-state index contributed by atoms with van der Waals surface area (Å²) >= 11 is 3.39. The third kappa shape index (κ3) is 3.64. The summed E-state index contributed by atoms with van der Waals surface area (Å²) in [6.07, 6.45) is 1.47. The highest BCUT2D eigenvalue weighted by molar-refractivity contribution is 9.10.